The van der Waals surface area contributed by atoms with E-state index in [9.17, 15) is 9.59 Å². The molecule has 21 heavy (non-hydrogen) atoms. The Kier molecular flexibility index (Phi) is 3.31. The van der Waals surface area contributed by atoms with E-state index in [0.717, 1.165) is 4.09 Å². The van der Waals surface area contributed by atoms with Crippen LogP contribution in [0.2, 0.25) is 0 Å². The monoisotopic (exact) mass is 321 g/mol. The Morgan fingerprint density at radius 1 is 1.14 bits per heavy atom. The van der Waals surface area contributed by atoms with Gasteiger partial charge in [-0.15, -0.1) is 0 Å². The van der Waals surface area contributed by atoms with Crippen LogP contribution < -0.4 is 5.32 Å². The number of para-hydroxylation sites is 1. The van der Waals surface area contributed by atoms with E-state index in [0.29, 0.717) is 11.5 Å². The summed E-state index contributed by atoms with van der Waals surface area (Å²) < 4.78 is 1.07. The minimum absolute atomic E-state index is 0.00201. The number of nitrogens with zero attached hydrogens (tertiary/aromatic N) is 2. The van der Waals surface area contributed by atoms with Gasteiger partial charge in [0.25, 0.3) is 0 Å². The summed E-state index contributed by atoms with van der Waals surface area (Å²) >= 11 is 12.0. The molecule has 0 radical (unpaired) electrons. The molecule has 0 saturated heterocycles. The minimum Gasteiger partial charge on any atom is -0.351 e. The van der Waals surface area contributed by atoms with Gasteiger partial charge in [0.2, 0.25) is 11.6 Å². The Balaban J connectivity index is 2.09. The molecule has 0 atom stereocenters. The minimum atomic E-state index is -0.521. The quantitative estimate of drug-likeness (QED) is 0.922. The molecule has 0 unspecified atom stereocenters. The lowest BCUT2D eigenvalue weighted by molar-refractivity contribution is 0.0976. The van der Waals surface area contributed by atoms with Gasteiger partial charge in [-0.05, 0) is 19.1 Å². The average Bonchev–Trinajstić information content (AvgIpc) is 2.79. The number of rotatable bonds is 2. The van der Waals surface area contributed by atoms with E-state index in [4.69, 9.17) is 23.4 Å². The van der Waals surface area contributed by atoms with Crippen molar-refractivity contribution < 1.29 is 9.59 Å². The fourth-order valence-electron chi connectivity index (χ4n) is 2.08. The Bertz CT molecular complexity index is 794. The van der Waals surface area contributed by atoms with Gasteiger partial charge in [-0.25, -0.2) is 9.07 Å². The Labute approximate surface area is 130 Å². The maximum absolute atomic E-state index is 12.5. The van der Waals surface area contributed by atoms with Gasteiger partial charge in [0.15, 0.2) is 0 Å². The zero-order valence-corrected chi connectivity index (χ0v) is 12.4. The summed E-state index contributed by atoms with van der Waals surface area (Å²) in [5.41, 5.74) is 0.660. The average molecular weight is 322 g/mol. The van der Waals surface area contributed by atoms with Gasteiger partial charge < -0.3 is 5.32 Å². The van der Waals surface area contributed by atoms with Crippen molar-refractivity contribution >= 4 is 40.6 Å². The number of anilines is 1. The van der Waals surface area contributed by atoms with E-state index in [-0.39, 0.29) is 22.1 Å². The van der Waals surface area contributed by atoms with E-state index < -0.39 is 11.6 Å². The van der Waals surface area contributed by atoms with Crippen LogP contribution in [0, 0.1) is 6.92 Å². The lowest BCUT2D eigenvalue weighted by atomic mass is 10.0. The van der Waals surface area contributed by atoms with Gasteiger partial charge in [-0.3, -0.25) is 9.59 Å². The number of carbonyl (C=O) groups is 2. The van der Waals surface area contributed by atoms with Crippen LogP contribution in [0.4, 0.5) is 5.69 Å². The van der Waals surface area contributed by atoms with Crippen LogP contribution >= 0.6 is 23.4 Å². The SMILES string of the molecule is Cc1nc2c(n1Cl)C(=O)C(Nc1ccccc1)=C(Cl)C2=O. The number of hydrogen-bond acceptors (Lipinski definition) is 4. The number of fused-ring (bicyclic) bond motifs is 1. The maximum Gasteiger partial charge on any atom is 0.230 e. The molecule has 1 heterocycles. The molecular formula is C14H9Cl2N3O2. The predicted octanol–water partition coefficient (Wildman–Crippen LogP) is 3.13. The van der Waals surface area contributed by atoms with Crippen molar-refractivity contribution in [3.05, 3.63) is 58.3 Å². The van der Waals surface area contributed by atoms with E-state index >= 15 is 0 Å². The van der Waals surface area contributed by atoms with E-state index in [1.807, 2.05) is 6.07 Å². The largest absolute Gasteiger partial charge is 0.351 e. The Hall–Kier alpha value is -2.11. The molecule has 0 bridgehead atoms. The number of hydrogen-bond donors (Lipinski definition) is 1. The number of allylic oxidation sites excluding steroid dienone is 2. The van der Waals surface area contributed by atoms with Crippen molar-refractivity contribution in [2.45, 2.75) is 6.92 Å². The van der Waals surface area contributed by atoms with Gasteiger partial charge in [0.1, 0.15) is 27.9 Å². The Morgan fingerprint density at radius 2 is 1.81 bits per heavy atom. The topological polar surface area (TPSA) is 64.0 Å². The maximum atomic E-state index is 12.5. The molecule has 0 amide bonds. The smallest absolute Gasteiger partial charge is 0.230 e. The van der Waals surface area contributed by atoms with Crippen LogP contribution in [-0.2, 0) is 0 Å². The summed E-state index contributed by atoms with van der Waals surface area (Å²) in [4.78, 5) is 28.7. The van der Waals surface area contributed by atoms with Crippen molar-refractivity contribution in [2.75, 3.05) is 5.32 Å². The van der Waals surface area contributed by atoms with Crippen LogP contribution in [0.1, 0.15) is 26.8 Å². The molecule has 5 nitrogen and oxygen atoms in total. The summed E-state index contributed by atoms with van der Waals surface area (Å²) in [6.45, 7) is 1.60. The summed E-state index contributed by atoms with van der Waals surface area (Å²) in [5.74, 6) is -0.630. The zero-order valence-electron chi connectivity index (χ0n) is 10.9. The number of Topliss-reactive ketones (excluding diaryl/α,β-unsaturated/α-hetero) is 2. The second kappa shape index (κ2) is 5.02. The van der Waals surface area contributed by atoms with Crippen molar-refractivity contribution in [3.63, 3.8) is 0 Å². The lowest BCUT2D eigenvalue weighted by Crippen LogP contribution is -2.25. The molecule has 1 aromatic heterocycles. The summed E-state index contributed by atoms with van der Waals surface area (Å²) in [6, 6.07) is 8.95. The summed E-state index contributed by atoms with van der Waals surface area (Å²) in [6.07, 6.45) is 0. The van der Waals surface area contributed by atoms with Gasteiger partial charge in [0.05, 0.1) is 0 Å². The van der Waals surface area contributed by atoms with Gasteiger partial charge in [0, 0.05) is 17.5 Å². The van der Waals surface area contributed by atoms with Crippen molar-refractivity contribution in [2.24, 2.45) is 0 Å². The van der Waals surface area contributed by atoms with Crippen molar-refractivity contribution in [1.29, 1.82) is 0 Å². The van der Waals surface area contributed by atoms with Gasteiger partial charge in [-0.2, -0.15) is 0 Å². The zero-order chi connectivity index (χ0) is 15.1. The predicted molar refractivity (Wildman–Crippen MR) is 79.8 cm³/mol. The molecule has 1 aromatic carbocycles. The third-order valence-electron chi connectivity index (χ3n) is 3.10. The molecule has 2 aromatic rings. The molecule has 0 fully saturated rings. The molecule has 1 N–H and O–H groups in total. The van der Waals surface area contributed by atoms with Gasteiger partial charge in [-0.1, -0.05) is 29.8 Å². The first-order chi connectivity index (χ1) is 10.0. The fraction of sp³-hybridized carbons (Fsp3) is 0.0714. The number of aryl methyl sites for hydroxylation is 1. The number of halogens is 2. The standard InChI is InChI=1S/C14H9Cl2N3O2/c1-7-17-11-12(19(7)16)14(21)10(9(15)13(11)20)18-8-5-3-2-4-6-8/h2-6,18H,1H3. The second-order valence-electron chi connectivity index (χ2n) is 4.48. The number of aromatic nitrogens is 2. The number of ketones is 2. The first-order valence-corrected chi connectivity index (χ1v) is 6.79. The molecule has 0 spiro atoms. The van der Waals surface area contributed by atoms with Crippen molar-refractivity contribution in [3.8, 4) is 0 Å². The van der Waals surface area contributed by atoms with Crippen LogP contribution in [0.3, 0.4) is 0 Å². The third-order valence-corrected chi connectivity index (χ3v) is 3.87. The second-order valence-corrected chi connectivity index (χ2v) is 5.19. The molecule has 106 valence electrons. The highest BCUT2D eigenvalue weighted by Crippen LogP contribution is 2.30. The molecule has 0 saturated carbocycles. The first kappa shape index (κ1) is 13.9. The lowest BCUT2D eigenvalue weighted by Gasteiger charge is -2.16. The van der Waals surface area contributed by atoms with E-state index in [1.165, 1.54) is 0 Å². The van der Waals surface area contributed by atoms with E-state index in [1.54, 1.807) is 31.2 Å². The van der Waals surface area contributed by atoms with Crippen LogP contribution in [0.5, 0.6) is 0 Å². The highest BCUT2D eigenvalue weighted by molar-refractivity contribution is 6.50. The molecule has 0 aliphatic heterocycles. The third kappa shape index (κ3) is 2.14. The molecule has 1 aliphatic rings. The van der Waals surface area contributed by atoms with E-state index in [2.05, 4.69) is 10.3 Å². The molecule has 1 aliphatic carbocycles. The number of nitrogens with one attached hydrogen (secondary N) is 1. The van der Waals surface area contributed by atoms with Gasteiger partial charge >= 0.3 is 0 Å². The molecule has 7 heteroatoms. The fourth-order valence-corrected chi connectivity index (χ4v) is 2.50. The number of carbonyl (C=O) groups excluding carboxylic acids is 2. The summed E-state index contributed by atoms with van der Waals surface area (Å²) in [5, 5.41) is 2.68. The molecule has 3 rings (SSSR count). The Morgan fingerprint density at radius 3 is 2.48 bits per heavy atom. The van der Waals surface area contributed by atoms with Crippen LogP contribution in [-0.4, -0.2) is 20.6 Å². The highest BCUT2D eigenvalue weighted by atomic mass is 35.5. The van der Waals surface area contributed by atoms with Crippen LogP contribution in [0.15, 0.2) is 41.1 Å². The highest BCUT2D eigenvalue weighted by Gasteiger charge is 2.36. The van der Waals surface area contributed by atoms with Crippen molar-refractivity contribution in [1.82, 2.24) is 9.07 Å². The number of benzene rings is 1. The van der Waals surface area contributed by atoms with Crippen LogP contribution in [0.25, 0.3) is 0 Å². The number of imidazole rings is 1. The summed E-state index contributed by atoms with van der Waals surface area (Å²) in [7, 11) is 0. The normalized spacial score (nSPS) is 14.4. The molecular weight excluding hydrogens is 313 g/mol. The first-order valence-electron chi connectivity index (χ1n) is 6.07.